The number of hydrogen-bond donors (Lipinski definition) is 1. The SMILES string of the molecule is CNC(c1cc2cc(C)ccc2o1)c1cccc(F)c1Br. The van der Waals surface area contributed by atoms with Crippen LogP contribution in [0.4, 0.5) is 4.39 Å². The number of hydrogen-bond acceptors (Lipinski definition) is 2. The molecule has 0 amide bonds. The lowest BCUT2D eigenvalue weighted by Gasteiger charge is -2.16. The highest BCUT2D eigenvalue weighted by Crippen LogP contribution is 2.33. The summed E-state index contributed by atoms with van der Waals surface area (Å²) in [6.07, 6.45) is 0. The van der Waals surface area contributed by atoms with Crippen LogP contribution in [0.5, 0.6) is 0 Å². The minimum Gasteiger partial charge on any atom is -0.459 e. The maximum absolute atomic E-state index is 13.7. The number of fused-ring (bicyclic) bond motifs is 1. The van der Waals surface area contributed by atoms with Gasteiger partial charge in [0.15, 0.2) is 0 Å². The second kappa shape index (κ2) is 5.62. The lowest BCUT2D eigenvalue weighted by molar-refractivity contribution is 0.488. The van der Waals surface area contributed by atoms with Crippen LogP contribution in [-0.4, -0.2) is 7.05 Å². The lowest BCUT2D eigenvalue weighted by atomic mass is 10.0. The summed E-state index contributed by atoms with van der Waals surface area (Å²) in [4.78, 5) is 0. The second-order valence-electron chi connectivity index (χ2n) is 5.05. The van der Waals surface area contributed by atoms with Gasteiger partial charge in [-0.15, -0.1) is 0 Å². The van der Waals surface area contributed by atoms with E-state index in [0.717, 1.165) is 22.3 Å². The first-order chi connectivity index (χ1) is 10.1. The number of furan rings is 1. The molecule has 3 aromatic rings. The Morgan fingerprint density at radius 2 is 2.00 bits per heavy atom. The molecule has 0 bridgehead atoms. The summed E-state index contributed by atoms with van der Waals surface area (Å²) in [6, 6.07) is 12.9. The van der Waals surface area contributed by atoms with E-state index in [4.69, 9.17) is 4.42 Å². The monoisotopic (exact) mass is 347 g/mol. The molecular formula is C17H15BrFNO. The molecule has 0 saturated carbocycles. The van der Waals surface area contributed by atoms with Crippen LogP contribution in [0.1, 0.15) is 22.9 Å². The van der Waals surface area contributed by atoms with Crippen molar-refractivity contribution in [1.29, 1.82) is 0 Å². The molecule has 1 unspecified atom stereocenters. The Hall–Kier alpha value is -1.65. The average molecular weight is 348 g/mol. The number of rotatable bonds is 3. The molecule has 1 N–H and O–H groups in total. The molecule has 3 rings (SSSR count). The van der Waals surface area contributed by atoms with Crippen LogP contribution in [0.2, 0.25) is 0 Å². The van der Waals surface area contributed by atoms with Crippen molar-refractivity contribution in [2.24, 2.45) is 0 Å². The van der Waals surface area contributed by atoms with E-state index in [9.17, 15) is 4.39 Å². The van der Waals surface area contributed by atoms with Gasteiger partial charge in [0.1, 0.15) is 17.2 Å². The molecule has 108 valence electrons. The topological polar surface area (TPSA) is 25.2 Å². The highest BCUT2D eigenvalue weighted by atomic mass is 79.9. The molecule has 1 heterocycles. The van der Waals surface area contributed by atoms with E-state index in [-0.39, 0.29) is 11.9 Å². The van der Waals surface area contributed by atoms with E-state index in [0.29, 0.717) is 4.47 Å². The Balaban J connectivity index is 2.11. The summed E-state index contributed by atoms with van der Waals surface area (Å²) in [5.41, 5.74) is 2.83. The van der Waals surface area contributed by atoms with Crippen molar-refractivity contribution in [3.63, 3.8) is 0 Å². The second-order valence-corrected chi connectivity index (χ2v) is 5.85. The third-order valence-electron chi connectivity index (χ3n) is 3.56. The fraction of sp³-hybridized carbons (Fsp3) is 0.176. The van der Waals surface area contributed by atoms with Crippen LogP contribution in [0.15, 0.2) is 51.4 Å². The molecule has 0 aliphatic carbocycles. The average Bonchev–Trinajstić information content (AvgIpc) is 2.87. The zero-order valence-corrected chi connectivity index (χ0v) is 13.4. The molecule has 1 aromatic heterocycles. The van der Waals surface area contributed by atoms with E-state index >= 15 is 0 Å². The number of halogens is 2. The van der Waals surface area contributed by atoms with Crippen molar-refractivity contribution in [1.82, 2.24) is 5.32 Å². The Labute approximate surface area is 131 Å². The summed E-state index contributed by atoms with van der Waals surface area (Å²) in [6.45, 7) is 2.05. The minimum atomic E-state index is -0.278. The van der Waals surface area contributed by atoms with Crippen molar-refractivity contribution in [3.8, 4) is 0 Å². The molecule has 2 aromatic carbocycles. The van der Waals surface area contributed by atoms with Crippen molar-refractivity contribution in [2.45, 2.75) is 13.0 Å². The van der Waals surface area contributed by atoms with Gasteiger partial charge in [-0.05, 0) is 59.7 Å². The molecular weight excluding hydrogens is 333 g/mol. The Kier molecular flexibility index (Phi) is 3.83. The van der Waals surface area contributed by atoms with E-state index < -0.39 is 0 Å². The maximum Gasteiger partial charge on any atom is 0.137 e. The van der Waals surface area contributed by atoms with Gasteiger partial charge in [0, 0.05) is 5.39 Å². The van der Waals surface area contributed by atoms with Crippen LogP contribution >= 0.6 is 15.9 Å². The van der Waals surface area contributed by atoms with Gasteiger partial charge in [0.2, 0.25) is 0 Å². The van der Waals surface area contributed by atoms with Gasteiger partial charge in [-0.3, -0.25) is 0 Å². The molecule has 0 radical (unpaired) electrons. The molecule has 4 heteroatoms. The van der Waals surface area contributed by atoms with Gasteiger partial charge >= 0.3 is 0 Å². The molecule has 21 heavy (non-hydrogen) atoms. The summed E-state index contributed by atoms with van der Waals surface area (Å²) in [7, 11) is 1.83. The summed E-state index contributed by atoms with van der Waals surface area (Å²) < 4.78 is 20.1. The normalized spacial score (nSPS) is 12.8. The molecule has 1 atom stereocenters. The Bertz CT molecular complexity index is 797. The third-order valence-corrected chi connectivity index (χ3v) is 4.39. The van der Waals surface area contributed by atoms with Gasteiger partial charge in [-0.1, -0.05) is 23.8 Å². The van der Waals surface area contributed by atoms with Crippen LogP contribution in [0, 0.1) is 12.7 Å². The quantitative estimate of drug-likeness (QED) is 0.724. The van der Waals surface area contributed by atoms with Gasteiger partial charge in [0.05, 0.1) is 10.5 Å². The van der Waals surface area contributed by atoms with E-state index in [1.807, 2.05) is 38.2 Å². The van der Waals surface area contributed by atoms with Crippen molar-refractivity contribution in [2.75, 3.05) is 7.05 Å². The first-order valence-corrected chi connectivity index (χ1v) is 7.50. The summed E-state index contributed by atoms with van der Waals surface area (Å²) in [5.74, 6) is 0.490. The molecule has 0 spiro atoms. The highest BCUT2D eigenvalue weighted by molar-refractivity contribution is 9.10. The Morgan fingerprint density at radius 3 is 2.76 bits per heavy atom. The predicted molar refractivity (Wildman–Crippen MR) is 86.0 cm³/mol. The summed E-state index contributed by atoms with van der Waals surface area (Å²) >= 11 is 3.32. The van der Waals surface area contributed by atoms with Crippen LogP contribution in [0.3, 0.4) is 0 Å². The zero-order valence-electron chi connectivity index (χ0n) is 11.8. The highest BCUT2D eigenvalue weighted by Gasteiger charge is 2.20. The number of aryl methyl sites for hydroxylation is 1. The Morgan fingerprint density at radius 1 is 1.19 bits per heavy atom. The van der Waals surface area contributed by atoms with E-state index in [2.05, 4.69) is 27.3 Å². The van der Waals surface area contributed by atoms with Crippen LogP contribution < -0.4 is 5.32 Å². The smallest absolute Gasteiger partial charge is 0.137 e. The summed E-state index contributed by atoms with van der Waals surface area (Å²) in [5, 5.41) is 4.24. The number of nitrogens with one attached hydrogen (secondary N) is 1. The fourth-order valence-electron chi connectivity index (χ4n) is 2.52. The fourth-order valence-corrected chi connectivity index (χ4v) is 3.01. The van der Waals surface area contributed by atoms with E-state index in [1.165, 1.54) is 11.6 Å². The van der Waals surface area contributed by atoms with Gasteiger partial charge in [-0.2, -0.15) is 0 Å². The first-order valence-electron chi connectivity index (χ1n) is 6.71. The predicted octanol–water partition coefficient (Wildman–Crippen LogP) is 4.95. The van der Waals surface area contributed by atoms with Gasteiger partial charge in [0.25, 0.3) is 0 Å². The van der Waals surface area contributed by atoms with Crippen molar-refractivity contribution < 1.29 is 8.81 Å². The zero-order chi connectivity index (χ0) is 15.0. The lowest BCUT2D eigenvalue weighted by Crippen LogP contribution is -2.17. The maximum atomic E-state index is 13.7. The van der Waals surface area contributed by atoms with Crippen LogP contribution in [0.25, 0.3) is 11.0 Å². The van der Waals surface area contributed by atoms with Crippen LogP contribution in [-0.2, 0) is 0 Å². The first kappa shape index (κ1) is 14.3. The molecule has 0 saturated heterocycles. The molecule has 0 fully saturated rings. The molecule has 2 nitrogen and oxygen atoms in total. The van der Waals surface area contributed by atoms with Gasteiger partial charge in [-0.25, -0.2) is 4.39 Å². The third kappa shape index (κ3) is 2.61. The van der Waals surface area contributed by atoms with Gasteiger partial charge < -0.3 is 9.73 Å². The largest absolute Gasteiger partial charge is 0.459 e. The van der Waals surface area contributed by atoms with Crippen molar-refractivity contribution in [3.05, 3.63) is 69.6 Å². The minimum absolute atomic E-state index is 0.206. The van der Waals surface area contributed by atoms with E-state index in [1.54, 1.807) is 6.07 Å². The molecule has 0 aliphatic rings. The molecule has 0 aliphatic heterocycles. The number of benzene rings is 2. The van der Waals surface area contributed by atoms with Crippen molar-refractivity contribution >= 4 is 26.9 Å². The standard InChI is InChI=1S/C17H15BrFNO/c1-10-6-7-14-11(8-10)9-15(21-14)17(20-2)12-4-3-5-13(19)16(12)18/h3-9,17,20H,1-2H3.